The highest BCUT2D eigenvalue weighted by atomic mass is 32.1. The summed E-state index contributed by atoms with van der Waals surface area (Å²) >= 11 is 1.39. The lowest BCUT2D eigenvalue weighted by atomic mass is 10.3. The molecular weight excluding hydrogens is 200 g/mol. The van der Waals surface area contributed by atoms with Gasteiger partial charge < -0.3 is 5.73 Å². The van der Waals surface area contributed by atoms with Crippen LogP contribution in [0.2, 0.25) is 0 Å². The minimum Gasteiger partial charge on any atom is -0.320 e. The number of carbonyl (C=O) groups is 1. The van der Waals surface area contributed by atoms with E-state index in [0.717, 1.165) is 17.8 Å². The topological polar surface area (TPSA) is 80.9 Å². The maximum atomic E-state index is 11.2. The van der Waals surface area contributed by atoms with Gasteiger partial charge in [-0.2, -0.15) is 0 Å². The molecule has 0 bridgehead atoms. The van der Waals surface area contributed by atoms with Crippen LogP contribution in [0.25, 0.3) is 0 Å². The number of anilines is 1. The minimum atomic E-state index is -0.520. The Kier molecular flexibility index (Phi) is 3.97. The van der Waals surface area contributed by atoms with E-state index in [2.05, 4.69) is 22.4 Å². The SMILES string of the molecule is CCCc1nnc(NC(=O)[C@H](C)N)s1. The fourth-order valence-electron chi connectivity index (χ4n) is 0.838. The molecule has 0 aliphatic heterocycles. The molecule has 0 aliphatic carbocycles. The average molecular weight is 214 g/mol. The maximum Gasteiger partial charge on any atom is 0.242 e. The summed E-state index contributed by atoms with van der Waals surface area (Å²) in [5.74, 6) is -0.232. The third-order valence-electron chi connectivity index (χ3n) is 1.57. The van der Waals surface area contributed by atoms with E-state index < -0.39 is 6.04 Å². The lowest BCUT2D eigenvalue weighted by molar-refractivity contribution is -0.117. The summed E-state index contributed by atoms with van der Waals surface area (Å²) in [7, 11) is 0. The highest BCUT2D eigenvalue weighted by Crippen LogP contribution is 2.16. The van der Waals surface area contributed by atoms with Crippen molar-refractivity contribution < 1.29 is 4.79 Å². The van der Waals surface area contributed by atoms with E-state index in [1.54, 1.807) is 6.92 Å². The van der Waals surface area contributed by atoms with Crippen LogP contribution in [0.5, 0.6) is 0 Å². The molecule has 0 saturated heterocycles. The van der Waals surface area contributed by atoms with Crippen LogP contribution in [0, 0.1) is 0 Å². The quantitative estimate of drug-likeness (QED) is 0.776. The number of amides is 1. The van der Waals surface area contributed by atoms with Gasteiger partial charge in [0.1, 0.15) is 5.01 Å². The Hall–Kier alpha value is -1.01. The van der Waals surface area contributed by atoms with E-state index in [9.17, 15) is 4.79 Å². The van der Waals surface area contributed by atoms with E-state index >= 15 is 0 Å². The molecule has 5 nitrogen and oxygen atoms in total. The van der Waals surface area contributed by atoms with E-state index in [0.29, 0.717) is 5.13 Å². The summed E-state index contributed by atoms with van der Waals surface area (Å²) in [6.45, 7) is 3.70. The van der Waals surface area contributed by atoms with Gasteiger partial charge in [0.2, 0.25) is 11.0 Å². The number of nitrogens with one attached hydrogen (secondary N) is 1. The number of nitrogens with zero attached hydrogens (tertiary/aromatic N) is 2. The molecule has 0 saturated carbocycles. The van der Waals surface area contributed by atoms with Gasteiger partial charge in [-0.15, -0.1) is 10.2 Å². The van der Waals surface area contributed by atoms with Gasteiger partial charge in [-0.25, -0.2) is 0 Å². The molecule has 0 spiro atoms. The molecule has 14 heavy (non-hydrogen) atoms. The Labute approximate surface area is 86.7 Å². The van der Waals surface area contributed by atoms with Gasteiger partial charge in [0.05, 0.1) is 6.04 Å². The molecule has 0 fully saturated rings. The highest BCUT2D eigenvalue weighted by Gasteiger charge is 2.10. The molecule has 1 aromatic heterocycles. The van der Waals surface area contributed by atoms with E-state index in [1.165, 1.54) is 11.3 Å². The smallest absolute Gasteiger partial charge is 0.242 e. The van der Waals surface area contributed by atoms with Gasteiger partial charge in [-0.05, 0) is 13.3 Å². The standard InChI is InChI=1S/C8H14N4OS/c1-3-4-6-11-12-8(14-6)10-7(13)5(2)9/h5H,3-4,9H2,1-2H3,(H,10,12,13)/t5-/m0/s1. The zero-order valence-electron chi connectivity index (χ0n) is 8.28. The number of rotatable bonds is 4. The van der Waals surface area contributed by atoms with Crippen molar-refractivity contribution in [2.45, 2.75) is 32.7 Å². The minimum absolute atomic E-state index is 0.232. The molecular formula is C8H14N4OS. The molecule has 6 heteroatoms. The highest BCUT2D eigenvalue weighted by molar-refractivity contribution is 7.15. The Morgan fingerprint density at radius 1 is 1.64 bits per heavy atom. The van der Waals surface area contributed by atoms with E-state index in [1.807, 2.05) is 0 Å². The molecule has 1 amide bonds. The predicted octanol–water partition coefficient (Wildman–Crippen LogP) is 0.776. The molecule has 3 N–H and O–H groups in total. The van der Waals surface area contributed by atoms with Crippen molar-refractivity contribution in [1.82, 2.24) is 10.2 Å². The number of carbonyl (C=O) groups excluding carboxylic acids is 1. The molecule has 0 radical (unpaired) electrons. The molecule has 1 atom stereocenters. The van der Waals surface area contributed by atoms with Crippen LogP contribution in [-0.4, -0.2) is 22.1 Å². The summed E-state index contributed by atoms with van der Waals surface area (Å²) in [4.78, 5) is 11.2. The fourth-order valence-corrected chi connectivity index (χ4v) is 1.68. The largest absolute Gasteiger partial charge is 0.320 e. The number of hydrogen-bond acceptors (Lipinski definition) is 5. The molecule has 0 aromatic carbocycles. The van der Waals surface area contributed by atoms with Gasteiger partial charge in [-0.1, -0.05) is 18.3 Å². The maximum absolute atomic E-state index is 11.2. The van der Waals surface area contributed by atoms with Crippen LogP contribution in [0.4, 0.5) is 5.13 Å². The average Bonchev–Trinajstić information content (AvgIpc) is 2.53. The van der Waals surface area contributed by atoms with Crippen molar-refractivity contribution >= 4 is 22.4 Å². The summed E-state index contributed by atoms with van der Waals surface area (Å²) in [6, 6.07) is -0.520. The van der Waals surface area contributed by atoms with E-state index in [4.69, 9.17) is 5.73 Å². The molecule has 1 rings (SSSR count). The second-order valence-electron chi connectivity index (χ2n) is 3.03. The van der Waals surface area contributed by atoms with Crippen molar-refractivity contribution in [2.75, 3.05) is 5.32 Å². The monoisotopic (exact) mass is 214 g/mol. The molecule has 78 valence electrons. The zero-order valence-corrected chi connectivity index (χ0v) is 9.10. The molecule has 1 heterocycles. The fraction of sp³-hybridized carbons (Fsp3) is 0.625. The van der Waals surface area contributed by atoms with Crippen molar-refractivity contribution in [2.24, 2.45) is 5.73 Å². The van der Waals surface area contributed by atoms with Crippen molar-refractivity contribution in [3.05, 3.63) is 5.01 Å². The van der Waals surface area contributed by atoms with Crippen LogP contribution in [-0.2, 0) is 11.2 Å². The molecule has 1 aromatic rings. The summed E-state index contributed by atoms with van der Waals surface area (Å²) in [5.41, 5.74) is 5.39. The van der Waals surface area contributed by atoms with Crippen LogP contribution in [0.3, 0.4) is 0 Å². The summed E-state index contributed by atoms with van der Waals surface area (Å²) in [5, 5.41) is 11.8. The Bertz CT molecular complexity index is 310. The zero-order chi connectivity index (χ0) is 10.6. The third kappa shape index (κ3) is 3.04. The number of hydrogen-bond donors (Lipinski definition) is 2. The van der Waals surface area contributed by atoms with Crippen LogP contribution in [0.15, 0.2) is 0 Å². The van der Waals surface area contributed by atoms with E-state index in [-0.39, 0.29) is 5.91 Å². The van der Waals surface area contributed by atoms with Crippen molar-refractivity contribution in [3.63, 3.8) is 0 Å². The normalized spacial score (nSPS) is 12.5. The first-order valence-corrected chi connectivity index (χ1v) is 5.34. The van der Waals surface area contributed by atoms with Gasteiger partial charge in [0.15, 0.2) is 0 Å². The lowest BCUT2D eigenvalue weighted by Crippen LogP contribution is -2.32. The third-order valence-corrected chi connectivity index (χ3v) is 2.47. The predicted molar refractivity (Wildman–Crippen MR) is 56.2 cm³/mol. The second kappa shape index (κ2) is 5.02. The van der Waals surface area contributed by atoms with Crippen LogP contribution >= 0.6 is 11.3 Å². The molecule has 0 aliphatic rings. The first kappa shape index (κ1) is 11.1. The first-order chi connectivity index (χ1) is 6.63. The lowest BCUT2D eigenvalue weighted by Gasteiger charge is -2.02. The Balaban J connectivity index is 2.55. The summed E-state index contributed by atoms with van der Waals surface area (Å²) in [6.07, 6.45) is 1.92. The number of nitrogens with two attached hydrogens (primary N) is 1. The Morgan fingerprint density at radius 3 is 2.93 bits per heavy atom. The van der Waals surface area contributed by atoms with Crippen molar-refractivity contribution in [3.8, 4) is 0 Å². The number of aryl methyl sites for hydroxylation is 1. The van der Waals surface area contributed by atoms with Gasteiger partial charge in [0.25, 0.3) is 0 Å². The van der Waals surface area contributed by atoms with Gasteiger partial charge in [-0.3, -0.25) is 10.1 Å². The first-order valence-electron chi connectivity index (χ1n) is 4.52. The van der Waals surface area contributed by atoms with Crippen molar-refractivity contribution in [1.29, 1.82) is 0 Å². The van der Waals surface area contributed by atoms with Crippen LogP contribution in [0.1, 0.15) is 25.3 Å². The van der Waals surface area contributed by atoms with Gasteiger partial charge >= 0.3 is 0 Å². The van der Waals surface area contributed by atoms with Gasteiger partial charge in [0, 0.05) is 6.42 Å². The Morgan fingerprint density at radius 2 is 2.36 bits per heavy atom. The molecule has 0 unspecified atom stereocenters. The summed E-state index contributed by atoms with van der Waals surface area (Å²) < 4.78 is 0. The second-order valence-corrected chi connectivity index (χ2v) is 4.09. The number of aromatic nitrogens is 2. The van der Waals surface area contributed by atoms with Crippen LogP contribution < -0.4 is 11.1 Å².